The van der Waals surface area contributed by atoms with Crippen LogP contribution in [-0.2, 0) is 4.79 Å². The largest absolute Gasteiger partial charge is 0.478 e. The Kier molecular flexibility index (Phi) is 4.26. The third kappa shape index (κ3) is 3.90. The van der Waals surface area contributed by atoms with E-state index in [0.717, 1.165) is 5.56 Å². The minimum Gasteiger partial charge on any atom is -0.478 e. The minimum absolute atomic E-state index is 0.0498. The Bertz CT molecular complexity index is 438. The molecule has 0 aliphatic heterocycles. The second-order valence-corrected chi connectivity index (χ2v) is 4.48. The van der Waals surface area contributed by atoms with Gasteiger partial charge in [0.25, 0.3) is 0 Å². The average molecular weight is 235 g/mol. The maximum Gasteiger partial charge on any atom is 0.335 e. The molecule has 0 spiro atoms. The first-order chi connectivity index (χ1) is 7.90. The first-order valence-electron chi connectivity index (χ1n) is 5.54. The van der Waals surface area contributed by atoms with Gasteiger partial charge in [-0.2, -0.15) is 0 Å². The van der Waals surface area contributed by atoms with Crippen molar-refractivity contribution in [3.8, 4) is 0 Å². The van der Waals surface area contributed by atoms with Gasteiger partial charge >= 0.3 is 5.97 Å². The summed E-state index contributed by atoms with van der Waals surface area (Å²) >= 11 is 0. The Hall–Kier alpha value is -1.84. The normalized spacial score (nSPS) is 10.4. The van der Waals surface area contributed by atoms with Crippen LogP contribution in [0.1, 0.15) is 36.2 Å². The average Bonchev–Trinajstić information content (AvgIpc) is 2.19. The summed E-state index contributed by atoms with van der Waals surface area (Å²) in [6.07, 6.45) is 0.458. The number of carbonyl (C=O) groups is 2. The van der Waals surface area contributed by atoms with E-state index in [4.69, 9.17) is 5.11 Å². The van der Waals surface area contributed by atoms with Crippen LogP contribution >= 0.6 is 0 Å². The molecule has 0 unspecified atom stereocenters. The highest BCUT2D eigenvalue weighted by Gasteiger charge is 2.09. The van der Waals surface area contributed by atoms with Crippen LogP contribution in [0, 0.1) is 12.8 Å². The Morgan fingerprint density at radius 2 is 2.00 bits per heavy atom. The van der Waals surface area contributed by atoms with Gasteiger partial charge in [-0.3, -0.25) is 4.79 Å². The molecule has 1 aromatic rings. The fraction of sp³-hybridized carbons (Fsp3) is 0.385. The van der Waals surface area contributed by atoms with E-state index in [1.165, 1.54) is 6.07 Å². The second-order valence-electron chi connectivity index (χ2n) is 4.48. The van der Waals surface area contributed by atoms with Crippen LogP contribution in [0.3, 0.4) is 0 Å². The monoisotopic (exact) mass is 235 g/mol. The summed E-state index contributed by atoms with van der Waals surface area (Å²) < 4.78 is 0. The van der Waals surface area contributed by atoms with Gasteiger partial charge in [-0.05, 0) is 36.6 Å². The van der Waals surface area contributed by atoms with Crippen LogP contribution in [0.15, 0.2) is 18.2 Å². The zero-order chi connectivity index (χ0) is 13.0. The third-order valence-electron chi connectivity index (χ3n) is 2.34. The van der Waals surface area contributed by atoms with E-state index in [-0.39, 0.29) is 11.5 Å². The lowest BCUT2D eigenvalue weighted by Crippen LogP contribution is -2.14. The summed E-state index contributed by atoms with van der Waals surface area (Å²) in [5, 5.41) is 11.6. The van der Waals surface area contributed by atoms with Gasteiger partial charge in [0.15, 0.2) is 0 Å². The Morgan fingerprint density at radius 3 is 2.47 bits per heavy atom. The molecule has 0 saturated heterocycles. The van der Waals surface area contributed by atoms with Crippen molar-refractivity contribution in [3.63, 3.8) is 0 Å². The third-order valence-corrected chi connectivity index (χ3v) is 2.34. The van der Waals surface area contributed by atoms with E-state index in [2.05, 4.69) is 5.32 Å². The van der Waals surface area contributed by atoms with Crippen LogP contribution in [0.5, 0.6) is 0 Å². The quantitative estimate of drug-likeness (QED) is 0.843. The number of hydrogen-bond acceptors (Lipinski definition) is 2. The van der Waals surface area contributed by atoms with Crippen LogP contribution in [0.2, 0.25) is 0 Å². The van der Waals surface area contributed by atoms with Gasteiger partial charge in [-0.1, -0.05) is 13.8 Å². The smallest absolute Gasteiger partial charge is 0.335 e. The number of hydrogen-bond donors (Lipinski definition) is 2. The molecule has 0 bridgehead atoms. The summed E-state index contributed by atoms with van der Waals surface area (Å²) in [6, 6.07) is 4.66. The van der Waals surface area contributed by atoms with Crippen molar-refractivity contribution < 1.29 is 14.7 Å². The highest BCUT2D eigenvalue weighted by atomic mass is 16.4. The number of aryl methyl sites for hydroxylation is 1. The van der Waals surface area contributed by atoms with E-state index >= 15 is 0 Å². The van der Waals surface area contributed by atoms with Crippen molar-refractivity contribution in [1.29, 1.82) is 0 Å². The predicted octanol–water partition coefficient (Wildman–Crippen LogP) is 2.68. The van der Waals surface area contributed by atoms with E-state index in [0.29, 0.717) is 18.0 Å². The lowest BCUT2D eigenvalue weighted by atomic mass is 10.1. The Labute approximate surface area is 101 Å². The van der Waals surface area contributed by atoms with Crippen LogP contribution in [-0.4, -0.2) is 17.0 Å². The zero-order valence-corrected chi connectivity index (χ0v) is 10.3. The lowest BCUT2D eigenvalue weighted by molar-refractivity contribution is -0.116. The molecule has 1 aromatic carbocycles. The van der Waals surface area contributed by atoms with Gasteiger partial charge in [-0.15, -0.1) is 0 Å². The molecule has 4 heteroatoms. The van der Waals surface area contributed by atoms with Gasteiger partial charge in [-0.25, -0.2) is 4.79 Å². The summed E-state index contributed by atoms with van der Waals surface area (Å²) in [5.74, 6) is -0.715. The van der Waals surface area contributed by atoms with Gasteiger partial charge in [0.05, 0.1) is 5.56 Å². The number of amides is 1. The molecular weight excluding hydrogens is 218 g/mol. The van der Waals surface area contributed by atoms with Gasteiger partial charge in [0.1, 0.15) is 0 Å². The van der Waals surface area contributed by atoms with Gasteiger partial charge in [0.2, 0.25) is 5.91 Å². The number of anilines is 1. The molecule has 4 nitrogen and oxygen atoms in total. The van der Waals surface area contributed by atoms with Crippen LogP contribution in [0.4, 0.5) is 5.69 Å². The van der Waals surface area contributed by atoms with Crippen molar-refractivity contribution in [2.45, 2.75) is 27.2 Å². The fourth-order valence-corrected chi connectivity index (χ4v) is 1.51. The molecule has 0 aliphatic carbocycles. The molecule has 1 rings (SSSR count). The topological polar surface area (TPSA) is 66.4 Å². The Morgan fingerprint density at radius 1 is 1.35 bits per heavy atom. The number of carbonyl (C=O) groups excluding carboxylic acids is 1. The summed E-state index contributed by atoms with van der Waals surface area (Å²) in [4.78, 5) is 22.3. The molecule has 0 aliphatic rings. The molecule has 0 fully saturated rings. The van der Waals surface area contributed by atoms with E-state index in [1.54, 1.807) is 19.1 Å². The second kappa shape index (κ2) is 5.48. The molecular formula is C13H17NO3. The highest BCUT2D eigenvalue weighted by Crippen LogP contribution is 2.17. The van der Waals surface area contributed by atoms with E-state index in [9.17, 15) is 9.59 Å². The summed E-state index contributed by atoms with van der Waals surface area (Å²) in [7, 11) is 0. The minimum atomic E-state index is -0.965. The standard InChI is InChI=1S/C13H17NO3/c1-8(2)6-12(15)14-11-5-4-10(13(16)17)7-9(11)3/h4-5,7-8H,6H2,1-3H3,(H,14,15)(H,16,17). The molecule has 0 atom stereocenters. The maximum atomic E-state index is 11.6. The van der Waals surface area contributed by atoms with E-state index < -0.39 is 5.97 Å². The first-order valence-corrected chi connectivity index (χ1v) is 5.54. The zero-order valence-electron chi connectivity index (χ0n) is 10.3. The number of nitrogens with one attached hydrogen (secondary N) is 1. The molecule has 0 heterocycles. The van der Waals surface area contributed by atoms with E-state index in [1.807, 2.05) is 13.8 Å². The summed E-state index contributed by atoms with van der Waals surface area (Å²) in [5.41, 5.74) is 1.65. The number of rotatable bonds is 4. The van der Waals surface area contributed by atoms with Crippen molar-refractivity contribution in [3.05, 3.63) is 29.3 Å². The number of benzene rings is 1. The Balaban J connectivity index is 2.79. The molecule has 0 radical (unpaired) electrons. The van der Waals surface area contributed by atoms with Gasteiger partial charge < -0.3 is 10.4 Å². The number of aromatic carboxylic acids is 1. The molecule has 1 amide bonds. The molecule has 17 heavy (non-hydrogen) atoms. The van der Waals surface area contributed by atoms with Crippen molar-refractivity contribution >= 4 is 17.6 Å². The summed E-state index contributed by atoms with van der Waals surface area (Å²) in [6.45, 7) is 5.72. The predicted molar refractivity (Wildman–Crippen MR) is 66.2 cm³/mol. The molecule has 2 N–H and O–H groups in total. The number of carboxylic acid groups (broad SMARTS) is 1. The maximum absolute atomic E-state index is 11.6. The number of carboxylic acids is 1. The molecule has 0 saturated carbocycles. The molecule has 92 valence electrons. The van der Waals surface area contributed by atoms with Gasteiger partial charge in [0, 0.05) is 12.1 Å². The fourth-order valence-electron chi connectivity index (χ4n) is 1.51. The molecule has 0 aromatic heterocycles. The van der Waals surface area contributed by atoms with Crippen molar-refractivity contribution in [1.82, 2.24) is 0 Å². The highest BCUT2D eigenvalue weighted by molar-refractivity contribution is 5.93. The van der Waals surface area contributed by atoms with Crippen LogP contribution < -0.4 is 5.32 Å². The lowest BCUT2D eigenvalue weighted by Gasteiger charge is -2.10. The SMILES string of the molecule is Cc1cc(C(=O)O)ccc1NC(=O)CC(C)C. The van der Waals surface area contributed by atoms with Crippen molar-refractivity contribution in [2.75, 3.05) is 5.32 Å². The van der Waals surface area contributed by atoms with Crippen molar-refractivity contribution in [2.24, 2.45) is 5.92 Å². The first kappa shape index (κ1) is 13.2. The van der Waals surface area contributed by atoms with Crippen LogP contribution in [0.25, 0.3) is 0 Å².